The van der Waals surface area contributed by atoms with Crippen molar-refractivity contribution in [3.05, 3.63) is 36.4 Å². The molecule has 4 bridgehead atoms. The molecule has 1 N–H and O–H groups in total. The molecule has 4 aliphatic rings. The van der Waals surface area contributed by atoms with Crippen LogP contribution in [0.5, 0.6) is 0 Å². The van der Waals surface area contributed by atoms with Gasteiger partial charge in [0.25, 0.3) is 5.91 Å². The smallest absolute Gasteiger partial charge is 0.288 e. The van der Waals surface area contributed by atoms with Gasteiger partial charge < -0.3 is 5.32 Å². The van der Waals surface area contributed by atoms with E-state index in [4.69, 9.17) is 0 Å². The lowest BCUT2D eigenvalue weighted by Crippen LogP contribution is -2.60. The Kier molecular flexibility index (Phi) is 2.50. The molecule has 0 unspecified atom stereocenters. The van der Waals surface area contributed by atoms with Crippen LogP contribution in [0.15, 0.2) is 30.6 Å². The highest BCUT2D eigenvalue weighted by molar-refractivity contribution is 5.92. The number of imidazole rings is 1. The van der Waals surface area contributed by atoms with Gasteiger partial charge in [0.1, 0.15) is 0 Å². The molecule has 0 aliphatic heterocycles. The Balaban J connectivity index is 1.45. The van der Waals surface area contributed by atoms with Gasteiger partial charge in [0, 0.05) is 11.7 Å². The van der Waals surface area contributed by atoms with Crippen molar-refractivity contribution in [1.29, 1.82) is 0 Å². The van der Waals surface area contributed by atoms with E-state index >= 15 is 0 Å². The topological polar surface area (TPSA) is 46.4 Å². The number of hydrogen-bond acceptors (Lipinski definition) is 2. The second kappa shape index (κ2) is 4.34. The van der Waals surface area contributed by atoms with Crippen molar-refractivity contribution < 1.29 is 4.79 Å². The Hall–Kier alpha value is -1.84. The van der Waals surface area contributed by atoms with Gasteiger partial charge in [-0.05, 0) is 68.4 Å². The zero-order valence-corrected chi connectivity index (χ0v) is 12.7. The van der Waals surface area contributed by atoms with Crippen LogP contribution < -0.4 is 5.32 Å². The van der Waals surface area contributed by atoms with Crippen molar-refractivity contribution in [3.63, 3.8) is 0 Å². The van der Waals surface area contributed by atoms with Crippen molar-refractivity contribution in [2.75, 3.05) is 0 Å². The molecule has 4 aliphatic carbocycles. The van der Waals surface area contributed by atoms with Gasteiger partial charge in [0.2, 0.25) is 5.82 Å². The average Bonchev–Trinajstić information content (AvgIpc) is 2.89. The Bertz CT molecular complexity index is 712. The van der Waals surface area contributed by atoms with Crippen molar-refractivity contribution in [1.82, 2.24) is 14.7 Å². The van der Waals surface area contributed by atoms with E-state index in [0.717, 1.165) is 23.3 Å². The fourth-order valence-electron chi connectivity index (χ4n) is 5.67. The molecule has 0 radical (unpaired) electrons. The van der Waals surface area contributed by atoms with Crippen molar-refractivity contribution in [2.45, 2.75) is 44.1 Å². The Morgan fingerprint density at radius 3 is 2.50 bits per heavy atom. The van der Waals surface area contributed by atoms with Crippen LogP contribution in [0, 0.1) is 17.8 Å². The number of carbonyl (C=O) groups is 1. The van der Waals surface area contributed by atoms with E-state index in [1.54, 1.807) is 6.20 Å². The molecule has 0 aromatic carbocycles. The molecule has 1 amide bonds. The predicted molar refractivity (Wildman–Crippen MR) is 83.6 cm³/mol. The number of hydrogen-bond donors (Lipinski definition) is 1. The maximum atomic E-state index is 12.8. The lowest BCUT2D eigenvalue weighted by molar-refractivity contribution is -0.0168. The Morgan fingerprint density at radius 1 is 1.14 bits per heavy atom. The first kappa shape index (κ1) is 12.7. The van der Waals surface area contributed by atoms with Crippen LogP contribution in [-0.4, -0.2) is 20.8 Å². The van der Waals surface area contributed by atoms with E-state index in [9.17, 15) is 4.79 Å². The summed E-state index contributed by atoms with van der Waals surface area (Å²) >= 11 is 0. The second-order valence-electron chi connectivity index (χ2n) is 7.73. The van der Waals surface area contributed by atoms with E-state index in [1.165, 1.54) is 38.5 Å². The van der Waals surface area contributed by atoms with Gasteiger partial charge in [-0.15, -0.1) is 0 Å². The standard InChI is InChI=1S/C18H21N3O/c22-17(16-19-11-15-3-1-2-4-21(15)16)20-18-8-12-5-13(9-18)7-14(6-12)10-18/h1-4,11-14H,5-10H2,(H,20,22). The lowest BCUT2D eigenvalue weighted by atomic mass is 9.53. The molecular weight excluding hydrogens is 274 g/mol. The highest BCUT2D eigenvalue weighted by Crippen LogP contribution is 2.55. The third kappa shape index (κ3) is 1.82. The number of aromatic nitrogens is 2. The van der Waals surface area contributed by atoms with Crippen LogP contribution in [0.3, 0.4) is 0 Å². The summed E-state index contributed by atoms with van der Waals surface area (Å²) in [5.74, 6) is 3.02. The fraction of sp³-hybridized carbons (Fsp3) is 0.556. The first-order chi connectivity index (χ1) is 10.7. The Labute approximate surface area is 129 Å². The van der Waals surface area contributed by atoms with Crippen molar-refractivity contribution in [3.8, 4) is 0 Å². The van der Waals surface area contributed by atoms with Crippen molar-refractivity contribution in [2.24, 2.45) is 17.8 Å². The summed E-state index contributed by atoms with van der Waals surface area (Å²) in [6.45, 7) is 0. The molecule has 4 saturated carbocycles. The maximum Gasteiger partial charge on any atom is 0.288 e. The minimum Gasteiger partial charge on any atom is -0.344 e. The van der Waals surface area contributed by atoms with E-state index < -0.39 is 0 Å². The van der Waals surface area contributed by atoms with Crippen LogP contribution in [0.2, 0.25) is 0 Å². The van der Waals surface area contributed by atoms with Gasteiger partial charge in [-0.25, -0.2) is 4.98 Å². The molecule has 4 heteroatoms. The number of fused-ring (bicyclic) bond motifs is 1. The number of amides is 1. The molecule has 22 heavy (non-hydrogen) atoms. The summed E-state index contributed by atoms with van der Waals surface area (Å²) in [6.07, 6.45) is 11.4. The van der Waals surface area contributed by atoms with Crippen LogP contribution >= 0.6 is 0 Å². The van der Waals surface area contributed by atoms with Crippen LogP contribution in [0.4, 0.5) is 0 Å². The van der Waals surface area contributed by atoms with E-state index in [-0.39, 0.29) is 11.4 Å². The SMILES string of the molecule is O=C(NC12CC3CC(CC(C3)C1)C2)c1ncc2ccccn12. The molecule has 4 fully saturated rings. The maximum absolute atomic E-state index is 12.8. The van der Waals surface area contributed by atoms with Gasteiger partial charge in [-0.1, -0.05) is 6.07 Å². The third-order valence-electron chi connectivity index (χ3n) is 6.06. The van der Waals surface area contributed by atoms with Gasteiger partial charge >= 0.3 is 0 Å². The molecule has 114 valence electrons. The number of nitrogens with zero attached hydrogens (tertiary/aromatic N) is 2. The molecule has 0 atom stereocenters. The molecule has 0 spiro atoms. The van der Waals surface area contributed by atoms with Crippen molar-refractivity contribution >= 4 is 11.4 Å². The van der Waals surface area contributed by atoms with Crippen LogP contribution in [0.1, 0.15) is 49.1 Å². The van der Waals surface area contributed by atoms with E-state index in [2.05, 4.69) is 10.3 Å². The zero-order valence-electron chi connectivity index (χ0n) is 12.7. The largest absolute Gasteiger partial charge is 0.344 e. The monoisotopic (exact) mass is 295 g/mol. The lowest BCUT2D eigenvalue weighted by Gasteiger charge is -2.56. The fourth-order valence-corrected chi connectivity index (χ4v) is 5.67. The summed E-state index contributed by atoms with van der Waals surface area (Å²) in [6, 6.07) is 5.89. The molecule has 4 nitrogen and oxygen atoms in total. The second-order valence-corrected chi connectivity index (χ2v) is 7.73. The summed E-state index contributed by atoms with van der Waals surface area (Å²) in [4.78, 5) is 17.2. The minimum absolute atomic E-state index is 0.00634. The predicted octanol–water partition coefficient (Wildman–Crippen LogP) is 3.03. The normalized spacial score (nSPS) is 35.9. The highest BCUT2D eigenvalue weighted by Gasteiger charge is 2.51. The first-order valence-electron chi connectivity index (χ1n) is 8.45. The first-order valence-corrected chi connectivity index (χ1v) is 8.45. The number of carbonyl (C=O) groups excluding carboxylic acids is 1. The quantitative estimate of drug-likeness (QED) is 0.925. The highest BCUT2D eigenvalue weighted by atomic mass is 16.2. The summed E-state index contributed by atoms with van der Waals surface area (Å²) in [5, 5.41) is 3.40. The van der Waals surface area contributed by atoms with E-state index in [0.29, 0.717) is 5.82 Å². The number of nitrogens with one attached hydrogen (secondary N) is 1. The minimum atomic E-state index is -0.00634. The Morgan fingerprint density at radius 2 is 1.82 bits per heavy atom. The molecule has 2 heterocycles. The third-order valence-corrected chi connectivity index (χ3v) is 6.06. The number of rotatable bonds is 2. The van der Waals surface area contributed by atoms with Gasteiger partial charge in [-0.2, -0.15) is 0 Å². The molecule has 2 aromatic rings. The zero-order chi connectivity index (χ0) is 14.7. The van der Waals surface area contributed by atoms with Gasteiger partial charge in [0.05, 0.1) is 11.7 Å². The molecule has 0 saturated heterocycles. The van der Waals surface area contributed by atoms with Crippen LogP contribution in [0.25, 0.3) is 5.52 Å². The number of pyridine rings is 1. The summed E-state index contributed by atoms with van der Waals surface area (Å²) in [5.41, 5.74) is 1.02. The van der Waals surface area contributed by atoms with Crippen LogP contribution in [-0.2, 0) is 0 Å². The summed E-state index contributed by atoms with van der Waals surface area (Å²) in [7, 11) is 0. The molecule has 2 aromatic heterocycles. The van der Waals surface area contributed by atoms with Gasteiger partial charge in [-0.3, -0.25) is 9.20 Å². The summed E-state index contributed by atoms with van der Waals surface area (Å²) < 4.78 is 1.88. The molecular formula is C18H21N3O. The molecule has 6 rings (SSSR count). The average molecular weight is 295 g/mol. The van der Waals surface area contributed by atoms with E-state index in [1.807, 2.05) is 28.8 Å². The van der Waals surface area contributed by atoms with Gasteiger partial charge in [0.15, 0.2) is 0 Å².